The number of nitrogens with zero attached hydrogens (tertiary/aromatic N) is 1. The molecule has 5 heteroatoms. The number of rotatable bonds is 4. The molecule has 2 aromatic carbocycles. The first-order valence-corrected chi connectivity index (χ1v) is 9.75. The van der Waals surface area contributed by atoms with E-state index in [9.17, 15) is 9.59 Å². The Morgan fingerprint density at radius 3 is 2.68 bits per heavy atom. The van der Waals surface area contributed by atoms with Gasteiger partial charge in [0.1, 0.15) is 5.58 Å². The molecule has 1 aliphatic rings. The van der Waals surface area contributed by atoms with E-state index in [0.29, 0.717) is 29.0 Å². The van der Waals surface area contributed by atoms with Gasteiger partial charge in [0.05, 0.1) is 17.5 Å². The van der Waals surface area contributed by atoms with Crippen LogP contribution in [0.4, 0.5) is 5.88 Å². The Morgan fingerprint density at radius 2 is 1.89 bits per heavy atom. The SMILES string of the molecule is C[C@@H]1CCCN(CC(=O)Nc2oc3ccccc3c(=O)c2-c2ccccc2)C1. The third kappa shape index (κ3) is 3.85. The van der Waals surface area contributed by atoms with Crippen molar-refractivity contribution in [2.75, 3.05) is 25.0 Å². The van der Waals surface area contributed by atoms with Crippen LogP contribution >= 0.6 is 0 Å². The van der Waals surface area contributed by atoms with E-state index in [2.05, 4.69) is 17.1 Å². The molecule has 0 bridgehead atoms. The molecule has 144 valence electrons. The Bertz CT molecular complexity index is 1040. The van der Waals surface area contributed by atoms with Crippen molar-refractivity contribution in [2.24, 2.45) is 5.92 Å². The van der Waals surface area contributed by atoms with Crippen molar-refractivity contribution in [1.82, 2.24) is 4.90 Å². The molecule has 0 saturated carbocycles. The lowest BCUT2D eigenvalue weighted by Crippen LogP contribution is -2.39. The third-order valence-electron chi connectivity index (χ3n) is 5.22. The largest absolute Gasteiger partial charge is 0.439 e. The summed E-state index contributed by atoms with van der Waals surface area (Å²) in [4.78, 5) is 28.0. The van der Waals surface area contributed by atoms with Crippen LogP contribution in [-0.2, 0) is 4.79 Å². The van der Waals surface area contributed by atoms with Gasteiger partial charge < -0.3 is 4.42 Å². The lowest BCUT2D eigenvalue weighted by molar-refractivity contribution is -0.117. The molecule has 2 heterocycles. The summed E-state index contributed by atoms with van der Waals surface area (Å²) in [5, 5.41) is 3.36. The van der Waals surface area contributed by atoms with Crippen molar-refractivity contribution in [3.8, 4) is 11.1 Å². The molecular formula is C23H24N2O3. The van der Waals surface area contributed by atoms with Crippen molar-refractivity contribution in [3.63, 3.8) is 0 Å². The van der Waals surface area contributed by atoms with Crippen LogP contribution in [-0.4, -0.2) is 30.4 Å². The molecule has 1 fully saturated rings. The summed E-state index contributed by atoms with van der Waals surface area (Å²) in [6.07, 6.45) is 2.31. The van der Waals surface area contributed by atoms with Gasteiger partial charge in [-0.3, -0.25) is 19.8 Å². The third-order valence-corrected chi connectivity index (χ3v) is 5.22. The number of nitrogens with one attached hydrogen (secondary N) is 1. The van der Waals surface area contributed by atoms with Gasteiger partial charge in [-0.15, -0.1) is 0 Å². The van der Waals surface area contributed by atoms with Crippen molar-refractivity contribution >= 4 is 22.8 Å². The van der Waals surface area contributed by atoms with Gasteiger partial charge in [0.25, 0.3) is 0 Å². The van der Waals surface area contributed by atoms with Crippen molar-refractivity contribution < 1.29 is 9.21 Å². The summed E-state index contributed by atoms with van der Waals surface area (Å²) < 4.78 is 5.96. The predicted molar refractivity (Wildman–Crippen MR) is 111 cm³/mol. The highest BCUT2D eigenvalue weighted by Gasteiger charge is 2.21. The average Bonchev–Trinajstić information content (AvgIpc) is 2.69. The fraction of sp³-hybridized carbons (Fsp3) is 0.304. The van der Waals surface area contributed by atoms with Gasteiger partial charge >= 0.3 is 0 Å². The number of fused-ring (bicyclic) bond motifs is 1. The van der Waals surface area contributed by atoms with E-state index >= 15 is 0 Å². The minimum atomic E-state index is -0.162. The molecule has 1 amide bonds. The molecule has 4 rings (SSSR count). The Kier molecular flexibility index (Phi) is 5.26. The molecule has 0 aliphatic carbocycles. The van der Waals surface area contributed by atoms with Crippen LogP contribution in [0.15, 0.2) is 63.8 Å². The number of piperidine rings is 1. The summed E-state index contributed by atoms with van der Waals surface area (Å²) in [6.45, 7) is 4.35. The molecule has 0 radical (unpaired) electrons. The van der Waals surface area contributed by atoms with Gasteiger partial charge in [0, 0.05) is 6.54 Å². The van der Waals surface area contributed by atoms with Crippen LogP contribution < -0.4 is 10.7 Å². The predicted octanol–water partition coefficient (Wildman–Crippen LogP) is 4.13. The van der Waals surface area contributed by atoms with E-state index < -0.39 is 0 Å². The van der Waals surface area contributed by atoms with Crippen molar-refractivity contribution in [3.05, 3.63) is 64.8 Å². The van der Waals surface area contributed by atoms with Crippen molar-refractivity contribution in [2.45, 2.75) is 19.8 Å². The Balaban J connectivity index is 1.69. The molecule has 1 aliphatic heterocycles. The van der Waals surface area contributed by atoms with Crippen LogP contribution in [0.25, 0.3) is 22.1 Å². The Labute approximate surface area is 164 Å². The van der Waals surface area contributed by atoms with Crippen LogP contribution in [0, 0.1) is 5.92 Å². The van der Waals surface area contributed by atoms with Crippen molar-refractivity contribution in [1.29, 1.82) is 0 Å². The Hall–Kier alpha value is -2.92. The fourth-order valence-electron chi connectivity index (χ4n) is 3.90. The van der Waals surface area contributed by atoms with Crippen LogP contribution in [0.1, 0.15) is 19.8 Å². The first-order chi connectivity index (χ1) is 13.6. The number of carbonyl (C=O) groups is 1. The smallest absolute Gasteiger partial charge is 0.240 e. The number of likely N-dealkylation sites (tertiary alicyclic amines) is 1. The summed E-state index contributed by atoms with van der Waals surface area (Å²) in [7, 11) is 0. The van der Waals surface area contributed by atoms with Gasteiger partial charge in [0.15, 0.2) is 0 Å². The summed E-state index contributed by atoms with van der Waals surface area (Å²) in [5.41, 5.74) is 1.44. The molecule has 28 heavy (non-hydrogen) atoms. The number of anilines is 1. The summed E-state index contributed by atoms with van der Waals surface area (Å²) >= 11 is 0. The van der Waals surface area contributed by atoms with E-state index in [1.54, 1.807) is 12.1 Å². The zero-order chi connectivity index (χ0) is 19.5. The molecular weight excluding hydrogens is 352 g/mol. The monoisotopic (exact) mass is 376 g/mol. The van der Waals surface area contributed by atoms with Gasteiger partial charge in [-0.05, 0) is 43.0 Å². The van der Waals surface area contributed by atoms with Crippen LogP contribution in [0.5, 0.6) is 0 Å². The van der Waals surface area contributed by atoms with Gasteiger partial charge in [-0.1, -0.05) is 49.4 Å². The first-order valence-electron chi connectivity index (χ1n) is 9.75. The fourth-order valence-corrected chi connectivity index (χ4v) is 3.90. The second-order valence-corrected chi connectivity index (χ2v) is 7.53. The minimum Gasteiger partial charge on any atom is -0.439 e. The number of hydrogen-bond donors (Lipinski definition) is 1. The zero-order valence-electron chi connectivity index (χ0n) is 16.0. The minimum absolute atomic E-state index is 0.144. The zero-order valence-corrected chi connectivity index (χ0v) is 16.0. The molecule has 5 nitrogen and oxygen atoms in total. The van der Waals surface area contributed by atoms with Crippen LogP contribution in [0.2, 0.25) is 0 Å². The van der Waals surface area contributed by atoms with Crippen LogP contribution in [0.3, 0.4) is 0 Å². The highest BCUT2D eigenvalue weighted by molar-refractivity contribution is 5.97. The van der Waals surface area contributed by atoms with E-state index in [1.165, 1.54) is 6.42 Å². The molecule has 0 unspecified atom stereocenters. The van der Waals surface area contributed by atoms with Gasteiger partial charge in [0.2, 0.25) is 17.2 Å². The topological polar surface area (TPSA) is 62.6 Å². The molecule has 1 N–H and O–H groups in total. The number of benzene rings is 2. The molecule has 1 saturated heterocycles. The molecule has 0 spiro atoms. The van der Waals surface area contributed by atoms with E-state index in [-0.39, 0.29) is 17.2 Å². The van der Waals surface area contributed by atoms with E-state index in [0.717, 1.165) is 25.1 Å². The molecule has 3 aromatic rings. The first kappa shape index (κ1) is 18.4. The lowest BCUT2D eigenvalue weighted by Gasteiger charge is -2.30. The average molecular weight is 376 g/mol. The normalized spacial score (nSPS) is 17.5. The summed E-state index contributed by atoms with van der Waals surface area (Å²) in [6, 6.07) is 16.4. The second-order valence-electron chi connectivity index (χ2n) is 7.53. The van der Waals surface area contributed by atoms with E-state index in [1.807, 2.05) is 42.5 Å². The quantitative estimate of drug-likeness (QED) is 0.744. The Morgan fingerprint density at radius 1 is 1.14 bits per heavy atom. The maximum absolute atomic E-state index is 13.1. The molecule has 1 aromatic heterocycles. The van der Waals surface area contributed by atoms with Gasteiger partial charge in [-0.25, -0.2) is 0 Å². The highest BCUT2D eigenvalue weighted by atomic mass is 16.4. The molecule has 1 atom stereocenters. The second kappa shape index (κ2) is 7.98. The number of para-hydroxylation sites is 1. The number of amides is 1. The number of hydrogen-bond acceptors (Lipinski definition) is 4. The lowest BCUT2D eigenvalue weighted by atomic mass is 10.0. The maximum atomic E-state index is 13.1. The van der Waals surface area contributed by atoms with Gasteiger partial charge in [-0.2, -0.15) is 0 Å². The standard InChI is InChI=1S/C23H24N2O3/c1-16-8-7-13-25(14-16)15-20(26)24-23-21(17-9-3-2-4-10-17)22(27)18-11-5-6-12-19(18)28-23/h2-6,9-12,16H,7-8,13-15H2,1H3,(H,24,26)/t16-/m1/s1. The highest BCUT2D eigenvalue weighted by Crippen LogP contribution is 2.28. The van der Waals surface area contributed by atoms with E-state index in [4.69, 9.17) is 4.42 Å². The maximum Gasteiger partial charge on any atom is 0.240 e. The summed E-state index contributed by atoms with van der Waals surface area (Å²) in [5.74, 6) is 0.648. The number of carbonyl (C=O) groups excluding carboxylic acids is 1.